The molecule has 1 atom stereocenters. The van der Waals surface area contributed by atoms with E-state index in [1.165, 1.54) is 0 Å². The predicted octanol–water partition coefficient (Wildman–Crippen LogP) is 3.43. The molecule has 0 aromatic carbocycles. The first-order chi connectivity index (χ1) is 9.29. The van der Waals surface area contributed by atoms with Gasteiger partial charge in [-0.05, 0) is 29.0 Å². The Bertz CT molecular complexity index is 587. The maximum Gasteiger partial charge on any atom is 0.243 e. The fourth-order valence-electron chi connectivity index (χ4n) is 2.21. The van der Waals surface area contributed by atoms with Gasteiger partial charge in [-0.15, -0.1) is 0 Å². The average Bonchev–Trinajstić information content (AvgIpc) is 3.14. The van der Waals surface area contributed by atoms with Crippen molar-refractivity contribution in [1.29, 1.82) is 0 Å². The largest absolute Gasteiger partial charge is 0.467 e. The second kappa shape index (κ2) is 5.01. The topological polar surface area (TPSA) is 45.8 Å². The average molecular weight is 274 g/mol. The number of hydrogen-bond donors (Lipinski definition) is 0. The van der Waals surface area contributed by atoms with Gasteiger partial charge in [-0.3, -0.25) is 4.79 Å². The Morgan fingerprint density at radius 1 is 1.58 bits per heavy atom. The van der Waals surface area contributed by atoms with Crippen LogP contribution in [-0.4, -0.2) is 16.6 Å². The Kier molecular flexibility index (Phi) is 3.21. The summed E-state index contributed by atoms with van der Waals surface area (Å²) < 4.78 is 5.44. The summed E-state index contributed by atoms with van der Waals surface area (Å²) in [5.41, 5.74) is 2.04. The monoisotopic (exact) mass is 274 g/mol. The lowest BCUT2D eigenvalue weighted by atomic mass is 10.0. The quantitative estimate of drug-likeness (QED) is 0.860. The first-order valence-electron chi connectivity index (χ1n) is 6.25. The number of amides is 1. The zero-order chi connectivity index (χ0) is 13.2. The summed E-state index contributed by atoms with van der Waals surface area (Å²) in [7, 11) is 0. The Morgan fingerprint density at radius 3 is 3.11 bits per heavy atom. The molecule has 0 aliphatic carbocycles. The van der Waals surface area contributed by atoms with Crippen molar-refractivity contribution < 1.29 is 9.21 Å². The van der Waals surface area contributed by atoms with Gasteiger partial charge >= 0.3 is 0 Å². The van der Waals surface area contributed by atoms with Gasteiger partial charge in [0.05, 0.1) is 12.0 Å². The summed E-state index contributed by atoms with van der Waals surface area (Å²) in [6, 6.07) is 5.65. The van der Waals surface area contributed by atoms with Crippen LogP contribution in [0.3, 0.4) is 0 Å². The van der Waals surface area contributed by atoms with E-state index in [0.29, 0.717) is 12.8 Å². The van der Waals surface area contributed by atoms with Gasteiger partial charge < -0.3 is 4.42 Å². The fourth-order valence-corrected chi connectivity index (χ4v) is 2.87. The second-order valence-electron chi connectivity index (χ2n) is 4.39. The van der Waals surface area contributed by atoms with Crippen LogP contribution in [0.5, 0.6) is 0 Å². The minimum Gasteiger partial charge on any atom is -0.467 e. The molecule has 0 bridgehead atoms. The molecule has 2 aromatic heterocycles. The molecule has 0 spiro atoms. The van der Waals surface area contributed by atoms with E-state index in [4.69, 9.17) is 4.42 Å². The van der Waals surface area contributed by atoms with Gasteiger partial charge in [0.2, 0.25) is 5.91 Å². The zero-order valence-electron chi connectivity index (χ0n) is 10.6. The molecule has 0 N–H and O–H groups in total. The molecule has 19 heavy (non-hydrogen) atoms. The molecule has 4 nitrogen and oxygen atoms in total. The Hall–Kier alpha value is -1.88. The molecule has 0 saturated carbocycles. The Labute approximate surface area is 115 Å². The molecule has 3 rings (SSSR count). The van der Waals surface area contributed by atoms with Crippen molar-refractivity contribution >= 4 is 23.0 Å². The SMILES string of the molecule is CCC(=O)N1N=C(c2ccsc2)C[C@@H]1c1ccco1. The van der Waals surface area contributed by atoms with E-state index in [1.54, 1.807) is 22.6 Å². The van der Waals surface area contributed by atoms with Gasteiger partial charge in [0.25, 0.3) is 0 Å². The maximum absolute atomic E-state index is 12.0. The van der Waals surface area contributed by atoms with Crippen molar-refractivity contribution in [2.24, 2.45) is 5.10 Å². The number of carbonyl (C=O) groups excluding carboxylic acids is 1. The number of hydrogen-bond acceptors (Lipinski definition) is 4. The summed E-state index contributed by atoms with van der Waals surface area (Å²) in [4.78, 5) is 12.0. The zero-order valence-corrected chi connectivity index (χ0v) is 11.4. The van der Waals surface area contributed by atoms with Gasteiger partial charge in [0, 0.05) is 18.4 Å². The molecule has 1 amide bonds. The first-order valence-corrected chi connectivity index (χ1v) is 7.19. The van der Waals surface area contributed by atoms with Gasteiger partial charge in [-0.1, -0.05) is 6.92 Å². The number of nitrogens with zero attached hydrogens (tertiary/aromatic N) is 2. The maximum atomic E-state index is 12.0. The van der Waals surface area contributed by atoms with E-state index in [0.717, 1.165) is 17.0 Å². The normalized spacial score (nSPS) is 18.7. The minimum atomic E-state index is -0.114. The van der Waals surface area contributed by atoms with E-state index < -0.39 is 0 Å². The van der Waals surface area contributed by atoms with Crippen LogP contribution in [0.15, 0.2) is 44.7 Å². The standard InChI is InChI=1S/C14H14N2O2S/c1-2-14(17)16-12(13-4-3-6-18-13)8-11(15-16)10-5-7-19-9-10/h3-7,9,12H,2,8H2,1H3/t12-/m1/s1. The highest BCUT2D eigenvalue weighted by Gasteiger charge is 2.34. The second-order valence-corrected chi connectivity index (χ2v) is 5.17. The number of thiophene rings is 1. The first kappa shape index (κ1) is 12.2. The molecule has 5 heteroatoms. The molecule has 0 saturated heterocycles. The van der Waals surface area contributed by atoms with Crippen molar-refractivity contribution in [3.05, 3.63) is 46.5 Å². The third kappa shape index (κ3) is 2.21. The number of hydrazone groups is 1. The van der Waals surface area contributed by atoms with Crippen molar-refractivity contribution in [2.75, 3.05) is 0 Å². The third-order valence-corrected chi connectivity index (χ3v) is 3.88. The van der Waals surface area contributed by atoms with Crippen molar-refractivity contribution in [3.8, 4) is 0 Å². The van der Waals surface area contributed by atoms with Crippen LogP contribution in [0, 0.1) is 0 Å². The lowest BCUT2D eigenvalue weighted by Gasteiger charge is -2.18. The van der Waals surface area contributed by atoms with Gasteiger partial charge in [0.15, 0.2) is 0 Å². The van der Waals surface area contributed by atoms with Gasteiger partial charge in [-0.2, -0.15) is 16.4 Å². The summed E-state index contributed by atoms with van der Waals surface area (Å²) >= 11 is 1.63. The van der Waals surface area contributed by atoms with Gasteiger partial charge in [-0.25, -0.2) is 5.01 Å². The fraction of sp³-hybridized carbons (Fsp3) is 0.286. The molecule has 2 aromatic rings. The van der Waals surface area contributed by atoms with Crippen LogP contribution < -0.4 is 0 Å². The summed E-state index contributed by atoms with van der Waals surface area (Å²) in [5.74, 6) is 0.808. The number of rotatable bonds is 3. The lowest BCUT2D eigenvalue weighted by Crippen LogP contribution is -2.25. The molecule has 0 fully saturated rings. The highest BCUT2D eigenvalue weighted by Crippen LogP contribution is 2.33. The van der Waals surface area contributed by atoms with E-state index in [-0.39, 0.29) is 11.9 Å². The molecule has 3 heterocycles. The van der Waals surface area contributed by atoms with E-state index in [9.17, 15) is 4.79 Å². The minimum absolute atomic E-state index is 0.0200. The van der Waals surface area contributed by atoms with Crippen LogP contribution in [0.25, 0.3) is 0 Å². The van der Waals surface area contributed by atoms with Crippen LogP contribution >= 0.6 is 11.3 Å². The molecule has 1 aliphatic rings. The molecule has 1 aliphatic heterocycles. The Morgan fingerprint density at radius 2 is 2.47 bits per heavy atom. The molecule has 98 valence electrons. The molecular formula is C14H14N2O2S. The predicted molar refractivity (Wildman–Crippen MR) is 74.1 cm³/mol. The van der Waals surface area contributed by atoms with E-state index in [2.05, 4.69) is 10.5 Å². The van der Waals surface area contributed by atoms with Crippen molar-refractivity contribution in [1.82, 2.24) is 5.01 Å². The molecular weight excluding hydrogens is 260 g/mol. The van der Waals surface area contributed by atoms with Crippen molar-refractivity contribution in [3.63, 3.8) is 0 Å². The summed E-state index contributed by atoms with van der Waals surface area (Å²) in [5, 5.41) is 10.1. The van der Waals surface area contributed by atoms with Gasteiger partial charge in [0.1, 0.15) is 11.8 Å². The highest BCUT2D eigenvalue weighted by atomic mass is 32.1. The Balaban J connectivity index is 1.93. The van der Waals surface area contributed by atoms with Crippen LogP contribution in [0.1, 0.15) is 37.1 Å². The van der Waals surface area contributed by atoms with Crippen LogP contribution in [0.2, 0.25) is 0 Å². The highest BCUT2D eigenvalue weighted by molar-refractivity contribution is 7.08. The smallest absolute Gasteiger partial charge is 0.243 e. The number of carbonyl (C=O) groups is 1. The third-order valence-electron chi connectivity index (χ3n) is 3.19. The van der Waals surface area contributed by atoms with E-state index in [1.807, 2.05) is 30.5 Å². The number of furan rings is 1. The molecule has 0 radical (unpaired) electrons. The lowest BCUT2D eigenvalue weighted by molar-refractivity contribution is -0.133. The summed E-state index contributed by atoms with van der Waals surface area (Å²) in [6.07, 6.45) is 2.78. The summed E-state index contributed by atoms with van der Waals surface area (Å²) in [6.45, 7) is 1.85. The van der Waals surface area contributed by atoms with Crippen molar-refractivity contribution in [2.45, 2.75) is 25.8 Å². The van der Waals surface area contributed by atoms with Crippen LogP contribution in [0.4, 0.5) is 0 Å². The molecule has 0 unspecified atom stereocenters. The van der Waals surface area contributed by atoms with Crippen LogP contribution in [-0.2, 0) is 4.79 Å². The van der Waals surface area contributed by atoms with E-state index >= 15 is 0 Å².